The molecule has 0 atom stereocenters. The molecule has 0 aliphatic heterocycles. The molecule has 1 aliphatic rings. The summed E-state index contributed by atoms with van der Waals surface area (Å²) in [7, 11) is 0. The van der Waals surface area contributed by atoms with Gasteiger partial charge in [-0.2, -0.15) is 26.3 Å². The van der Waals surface area contributed by atoms with Gasteiger partial charge in [-0.25, -0.2) is 0 Å². The monoisotopic (exact) mass is 202 g/mol. The maximum atomic E-state index is 11.9. The molecular weight excluding hydrogens is 198 g/mol. The molecule has 0 fully saturated rings. The SMILES string of the molecule is FC(F)(F)/C=C(/C1C=C1)C(F)(F)F. The first kappa shape index (κ1) is 10.1. The summed E-state index contributed by atoms with van der Waals surface area (Å²) in [5, 5.41) is 0. The number of halogens is 6. The average Bonchev–Trinajstić information content (AvgIpc) is 2.58. The molecule has 0 aromatic heterocycles. The average molecular weight is 202 g/mol. The largest absolute Gasteiger partial charge is 0.413 e. The summed E-state index contributed by atoms with van der Waals surface area (Å²) in [5.41, 5.74) is -1.56. The molecule has 0 unspecified atom stereocenters. The van der Waals surface area contributed by atoms with Gasteiger partial charge in [0, 0.05) is 17.6 Å². The van der Waals surface area contributed by atoms with Gasteiger partial charge in [0.15, 0.2) is 0 Å². The highest BCUT2D eigenvalue weighted by Crippen LogP contribution is 2.40. The second kappa shape index (κ2) is 2.78. The molecule has 0 heterocycles. The fraction of sp³-hybridized carbons (Fsp3) is 0.429. The van der Waals surface area contributed by atoms with Crippen LogP contribution >= 0.6 is 0 Å². The first-order chi connectivity index (χ1) is 5.70. The highest BCUT2D eigenvalue weighted by Gasteiger charge is 2.43. The van der Waals surface area contributed by atoms with Crippen LogP contribution in [0.5, 0.6) is 0 Å². The Labute approximate surface area is 69.5 Å². The Kier molecular flexibility index (Phi) is 2.17. The number of allylic oxidation sites excluding steroid dienone is 4. The van der Waals surface area contributed by atoms with E-state index in [0.29, 0.717) is 0 Å². The van der Waals surface area contributed by atoms with E-state index >= 15 is 0 Å². The Balaban J connectivity index is 2.86. The van der Waals surface area contributed by atoms with Gasteiger partial charge in [0.2, 0.25) is 0 Å². The lowest BCUT2D eigenvalue weighted by Crippen LogP contribution is -2.18. The Morgan fingerprint density at radius 2 is 1.46 bits per heavy atom. The fourth-order valence-electron chi connectivity index (χ4n) is 0.806. The molecule has 13 heavy (non-hydrogen) atoms. The molecule has 0 N–H and O–H groups in total. The minimum atomic E-state index is -4.92. The van der Waals surface area contributed by atoms with Crippen molar-refractivity contribution in [3.05, 3.63) is 23.8 Å². The Morgan fingerprint density at radius 3 is 1.69 bits per heavy atom. The van der Waals surface area contributed by atoms with Gasteiger partial charge in [-0.05, 0) is 0 Å². The highest BCUT2D eigenvalue weighted by atomic mass is 19.4. The van der Waals surface area contributed by atoms with Crippen molar-refractivity contribution < 1.29 is 26.3 Å². The second-order valence-corrected chi connectivity index (χ2v) is 2.55. The van der Waals surface area contributed by atoms with E-state index in [0.717, 1.165) is 12.2 Å². The van der Waals surface area contributed by atoms with E-state index in [9.17, 15) is 26.3 Å². The number of hydrogen-bond donors (Lipinski definition) is 0. The molecule has 0 amide bonds. The molecule has 0 aromatic rings. The van der Waals surface area contributed by atoms with Gasteiger partial charge < -0.3 is 0 Å². The lowest BCUT2D eigenvalue weighted by atomic mass is 10.1. The highest BCUT2D eigenvalue weighted by molar-refractivity contribution is 5.34. The van der Waals surface area contributed by atoms with E-state index in [1.165, 1.54) is 0 Å². The van der Waals surface area contributed by atoms with Gasteiger partial charge in [0.1, 0.15) is 0 Å². The summed E-state index contributed by atoms with van der Waals surface area (Å²) in [6.07, 6.45) is -8.41. The van der Waals surface area contributed by atoms with Crippen LogP contribution in [0.4, 0.5) is 26.3 Å². The standard InChI is InChI=1S/C7H4F6/c8-6(9,10)3-5(4-1-2-4)7(11,12)13/h1-4H/b5-3-. The maximum absolute atomic E-state index is 11.9. The van der Waals surface area contributed by atoms with Crippen molar-refractivity contribution in [1.82, 2.24) is 0 Å². The smallest absolute Gasteiger partial charge is 0.167 e. The molecule has 0 spiro atoms. The van der Waals surface area contributed by atoms with Crippen LogP contribution < -0.4 is 0 Å². The molecule has 0 radical (unpaired) electrons. The lowest BCUT2D eigenvalue weighted by molar-refractivity contribution is -0.110. The van der Waals surface area contributed by atoms with Crippen LogP contribution in [0.25, 0.3) is 0 Å². The molecule has 6 heteroatoms. The Morgan fingerprint density at radius 1 is 1.00 bits per heavy atom. The molecule has 0 aromatic carbocycles. The van der Waals surface area contributed by atoms with Crippen molar-refractivity contribution in [3.63, 3.8) is 0 Å². The molecule has 0 nitrogen and oxygen atoms in total. The summed E-state index contributed by atoms with van der Waals surface area (Å²) in [5.74, 6) is -1.19. The minimum absolute atomic E-state index is 0.697. The van der Waals surface area contributed by atoms with E-state index in [2.05, 4.69) is 0 Å². The zero-order valence-electron chi connectivity index (χ0n) is 6.08. The summed E-state index contributed by atoms with van der Waals surface area (Å²) >= 11 is 0. The maximum Gasteiger partial charge on any atom is 0.413 e. The third-order valence-electron chi connectivity index (χ3n) is 1.39. The third kappa shape index (κ3) is 3.12. The molecular formula is C7H4F6. The first-order valence-electron chi connectivity index (χ1n) is 3.25. The minimum Gasteiger partial charge on any atom is -0.167 e. The van der Waals surface area contributed by atoms with Gasteiger partial charge in [-0.15, -0.1) is 0 Å². The van der Waals surface area contributed by atoms with E-state index in [-0.39, 0.29) is 0 Å². The normalized spacial score (nSPS) is 19.4. The summed E-state index contributed by atoms with van der Waals surface area (Å²) in [6.45, 7) is 0. The summed E-state index contributed by atoms with van der Waals surface area (Å²) < 4.78 is 70.7. The topological polar surface area (TPSA) is 0 Å². The van der Waals surface area contributed by atoms with Crippen LogP contribution in [0.3, 0.4) is 0 Å². The predicted octanol–water partition coefficient (Wildman–Crippen LogP) is 3.22. The van der Waals surface area contributed by atoms with E-state index in [1.54, 1.807) is 0 Å². The van der Waals surface area contributed by atoms with Crippen LogP contribution in [0.15, 0.2) is 23.8 Å². The number of hydrogen-bond acceptors (Lipinski definition) is 0. The van der Waals surface area contributed by atoms with Crippen LogP contribution in [-0.2, 0) is 0 Å². The van der Waals surface area contributed by atoms with E-state index in [1.807, 2.05) is 0 Å². The number of alkyl halides is 6. The predicted molar refractivity (Wildman–Crippen MR) is 32.8 cm³/mol. The van der Waals surface area contributed by atoms with Crippen LogP contribution in [0.2, 0.25) is 0 Å². The van der Waals surface area contributed by atoms with Crippen LogP contribution in [0.1, 0.15) is 0 Å². The fourth-order valence-corrected chi connectivity index (χ4v) is 0.806. The second-order valence-electron chi connectivity index (χ2n) is 2.55. The molecule has 1 rings (SSSR count). The van der Waals surface area contributed by atoms with Gasteiger partial charge >= 0.3 is 12.4 Å². The van der Waals surface area contributed by atoms with Crippen molar-refractivity contribution >= 4 is 0 Å². The van der Waals surface area contributed by atoms with Crippen molar-refractivity contribution in [2.45, 2.75) is 12.4 Å². The lowest BCUT2D eigenvalue weighted by Gasteiger charge is -2.11. The van der Waals surface area contributed by atoms with Gasteiger partial charge in [0.05, 0.1) is 0 Å². The van der Waals surface area contributed by atoms with E-state index < -0.39 is 29.9 Å². The van der Waals surface area contributed by atoms with Gasteiger partial charge in [0.25, 0.3) is 0 Å². The molecule has 0 bridgehead atoms. The molecule has 0 saturated carbocycles. The van der Waals surface area contributed by atoms with Crippen LogP contribution in [-0.4, -0.2) is 12.4 Å². The Bertz CT molecular complexity index is 247. The van der Waals surface area contributed by atoms with Gasteiger partial charge in [-0.3, -0.25) is 0 Å². The van der Waals surface area contributed by atoms with Gasteiger partial charge in [-0.1, -0.05) is 12.2 Å². The van der Waals surface area contributed by atoms with E-state index in [4.69, 9.17) is 0 Å². The molecule has 1 aliphatic carbocycles. The summed E-state index contributed by atoms with van der Waals surface area (Å²) in [6, 6.07) is 0. The van der Waals surface area contributed by atoms with Crippen molar-refractivity contribution in [2.75, 3.05) is 0 Å². The first-order valence-corrected chi connectivity index (χ1v) is 3.25. The Hall–Kier alpha value is -0.940. The molecule has 74 valence electrons. The van der Waals surface area contributed by atoms with Crippen molar-refractivity contribution in [1.29, 1.82) is 0 Å². The quantitative estimate of drug-likeness (QED) is 0.452. The number of rotatable bonds is 1. The van der Waals surface area contributed by atoms with Crippen molar-refractivity contribution in [2.24, 2.45) is 5.92 Å². The zero-order valence-corrected chi connectivity index (χ0v) is 6.08. The third-order valence-corrected chi connectivity index (χ3v) is 1.39. The molecule has 0 saturated heterocycles. The van der Waals surface area contributed by atoms with Crippen LogP contribution in [0, 0.1) is 5.92 Å². The summed E-state index contributed by atoms with van der Waals surface area (Å²) in [4.78, 5) is 0. The van der Waals surface area contributed by atoms with Crippen molar-refractivity contribution in [3.8, 4) is 0 Å². The zero-order chi connectivity index (χ0) is 10.3.